The smallest absolute Gasteiger partial charge is 0.322 e. The summed E-state index contributed by atoms with van der Waals surface area (Å²) in [6, 6.07) is 11.6. The quantitative estimate of drug-likeness (QED) is 0.524. The van der Waals surface area contributed by atoms with Crippen LogP contribution in [0.5, 0.6) is 17.2 Å². The van der Waals surface area contributed by atoms with E-state index in [4.69, 9.17) is 14.2 Å². The number of nitrogens with zero attached hydrogens (tertiary/aromatic N) is 3. The summed E-state index contributed by atoms with van der Waals surface area (Å²) in [6.07, 6.45) is 1.27. The van der Waals surface area contributed by atoms with Crippen LogP contribution < -0.4 is 24.8 Å². The van der Waals surface area contributed by atoms with E-state index in [9.17, 15) is 9.59 Å². The molecule has 4 rings (SSSR count). The van der Waals surface area contributed by atoms with Gasteiger partial charge in [0, 0.05) is 18.2 Å². The van der Waals surface area contributed by atoms with Crippen molar-refractivity contribution in [2.75, 3.05) is 38.5 Å². The minimum atomic E-state index is -0.617. The maximum Gasteiger partial charge on any atom is 0.322 e. The third-order valence-corrected chi connectivity index (χ3v) is 6.33. The molecule has 34 heavy (non-hydrogen) atoms. The Morgan fingerprint density at radius 2 is 1.79 bits per heavy atom. The number of likely N-dealkylation sites (tertiary alicyclic amines) is 1. The molecule has 0 saturated carbocycles. The Balaban J connectivity index is 1.43. The molecule has 0 aliphatic carbocycles. The number of methoxy groups -OCH3 is 3. The van der Waals surface area contributed by atoms with Crippen molar-refractivity contribution in [1.82, 2.24) is 15.1 Å². The summed E-state index contributed by atoms with van der Waals surface area (Å²) in [4.78, 5) is 27.5. The topological polar surface area (TPSA) is 115 Å². The Labute approximate surface area is 200 Å². The number of nitrogens with one attached hydrogen (secondary N) is 2. The van der Waals surface area contributed by atoms with E-state index in [1.165, 1.54) is 23.3 Å². The number of aromatic nitrogens is 2. The first-order valence-corrected chi connectivity index (χ1v) is 11.4. The number of urea groups is 1. The van der Waals surface area contributed by atoms with E-state index in [2.05, 4.69) is 20.8 Å². The predicted molar refractivity (Wildman–Crippen MR) is 129 cm³/mol. The fraction of sp³-hybridized carbons (Fsp3) is 0.304. The van der Waals surface area contributed by atoms with Gasteiger partial charge < -0.3 is 24.4 Å². The lowest BCUT2D eigenvalue weighted by molar-refractivity contribution is -0.119. The number of rotatable bonds is 7. The highest BCUT2D eigenvalue weighted by molar-refractivity contribution is 7.18. The molecule has 2 aromatic carbocycles. The molecular weight excluding hydrogens is 458 g/mol. The molecule has 1 aliphatic heterocycles. The summed E-state index contributed by atoms with van der Waals surface area (Å²) in [5.74, 6) is 1.48. The van der Waals surface area contributed by atoms with E-state index in [-0.39, 0.29) is 11.9 Å². The van der Waals surface area contributed by atoms with Crippen molar-refractivity contribution < 1.29 is 23.8 Å². The van der Waals surface area contributed by atoms with E-state index in [0.717, 1.165) is 12.0 Å². The summed E-state index contributed by atoms with van der Waals surface area (Å²) in [5.41, 5.74) is 1.33. The third-order valence-electron chi connectivity index (χ3n) is 5.44. The summed E-state index contributed by atoms with van der Waals surface area (Å²) in [5, 5.41) is 14.9. The van der Waals surface area contributed by atoms with Crippen LogP contribution in [0.4, 0.5) is 15.6 Å². The molecule has 2 N–H and O–H groups in total. The number of anilines is 2. The molecule has 178 valence electrons. The second-order valence-electron chi connectivity index (χ2n) is 7.48. The van der Waals surface area contributed by atoms with Crippen LogP contribution in [-0.4, -0.2) is 61.0 Å². The SMILES string of the molecule is COc1cccc(-c2nnc(NC(=O)C3CCCN3C(=O)Nc3ccc(OC)cc3OC)s2)c1. The Bertz CT molecular complexity index is 1180. The van der Waals surface area contributed by atoms with Crippen molar-refractivity contribution in [3.63, 3.8) is 0 Å². The summed E-state index contributed by atoms with van der Waals surface area (Å²) in [6.45, 7) is 0.466. The van der Waals surface area contributed by atoms with E-state index in [0.29, 0.717) is 46.0 Å². The van der Waals surface area contributed by atoms with Crippen molar-refractivity contribution in [3.05, 3.63) is 42.5 Å². The molecule has 0 radical (unpaired) electrons. The Kier molecular flexibility index (Phi) is 7.12. The molecular formula is C23H25N5O5S. The largest absolute Gasteiger partial charge is 0.497 e. The van der Waals surface area contributed by atoms with Crippen molar-refractivity contribution in [2.45, 2.75) is 18.9 Å². The van der Waals surface area contributed by atoms with Gasteiger partial charge in [-0.3, -0.25) is 10.1 Å². The van der Waals surface area contributed by atoms with E-state index >= 15 is 0 Å². The standard InChI is InChI=1S/C23H25N5O5S/c1-31-15-7-4-6-14(12-15)21-26-27-22(34-21)25-20(29)18-8-5-11-28(18)23(30)24-17-10-9-16(32-2)13-19(17)33-3/h4,6-7,9-10,12-13,18H,5,8,11H2,1-3H3,(H,24,30)(H,25,27,29). The van der Waals surface area contributed by atoms with Crippen LogP contribution in [0.25, 0.3) is 10.6 Å². The van der Waals surface area contributed by atoms with Crippen LogP contribution >= 0.6 is 11.3 Å². The van der Waals surface area contributed by atoms with Gasteiger partial charge in [-0.15, -0.1) is 10.2 Å². The average molecular weight is 484 g/mol. The minimum Gasteiger partial charge on any atom is -0.497 e. The third kappa shape index (κ3) is 5.04. The molecule has 2 heterocycles. The number of hydrogen-bond acceptors (Lipinski definition) is 8. The van der Waals surface area contributed by atoms with Gasteiger partial charge in [-0.25, -0.2) is 4.79 Å². The number of ether oxygens (including phenoxy) is 3. The Morgan fingerprint density at radius 3 is 2.56 bits per heavy atom. The van der Waals surface area contributed by atoms with Gasteiger partial charge in [0.05, 0.1) is 27.0 Å². The number of benzene rings is 2. The number of carbonyl (C=O) groups is 2. The fourth-order valence-electron chi connectivity index (χ4n) is 3.71. The Morgan fingerprint density at radius 1 is 1.00 bits per heavy atom. The normalized spacial score (nSPS) is 15.0. The average Bonchev–Trinajstić information content (AvgIpc) is 3.54. The molecule has 0 bridgehead atoms. The van der Waals surface area contributed by atoms with E-state index in [1.54, 1.807) is 32.4 Å². The Hall–Kier alpha value is -3.86. The monoisotopic (exact) mass is 483 g/mol. The zero-order chi connectivity index (χ0) is 24.1. The zero-order valence-electron chi connectivity index (χ0n) is 19.0. The van der Waals surface area contributed by atoms with Crippen LogP contribution in [0, 0.1) is 0 Å². The van der Waals surface area contributed by atoms with Crippen molar-refractivity contribution in [3.8, 4) is 27.8 Å². The summed E-state index contributed by atoms with van der Waals surface area (Å²) < 4.78 is 15.8. The van der Waals surface area contributed by atoms with Crippen LogP contribution in [0.2, 0.25) is 0 Å². The first-order valence-electron chi connectivity index (χ1n) is 10.6. The first kappa shape index (κ1) is 23.3. The van der Waals surface area contributed by atoms with Crippen LogP contribution in [-0.2, 0) is 4.79 Å². The highest BCUT2D eigenvalue weighted by Gasteiger charge is 2.35. The van der Waals surface area contributed by atoms with Gasteiger partial charge in [0.25, 0.3) is 0 Å². The molecule has 1 saturated heterocycles. The van der Waals surface area contributed by atoms with Gasteiger partial charge in [-0.1, -0.05) is 23.5 Å². The van der Waals surface area contributed by atoms with Crippen LogP contribution in [0.3, 0.4) is 0 Å². The lowest BCUT2D eigenvalue weighted by Gasteiger charge is -2.24. The molecule has 11 heteroatoms. The van der Waals surface area contributed by atoms with Gasteiger partial charge in [0.2, 0.25) is 11.0 Å². The maximum atomic E-state index is 13.0. The van der Waals surface area contributed by atoms with Gasteiger partial charge in [0.15, 0.2) is 0 Å². The zero-order valence-corrected chi connectivity index (χ0v) is 19.8. The van der Waals surface area contributed by atoms with Gasteiger partial charge in [-0.05, 0) is 37.1 Å². The predicted octanol–water partition coefficient (Wildman–Crippen LogP) is 3.87. The van der Waals surface area contributed by atoms with Crippen molar-refractivity contribution >= 4 is 34.1 Å². The van der Waals surface area contributed by atoms with Crippen LogP contribution in [0.1, 0.15) is 12.8 Å². The van der Waals surface area contributed by atoms with E-state index < -0.39 is 6.04 Å². The molecule has 1 aromatic heterocycles. The van der Waals surface area contributed by atoms with Crippen LogP contribution in [0.15, 0.2) is 42.5 Å². The molecule has 3 aromatic rings. The number of carbonyl (C=O) groups excluding carboxylic acids is 2. The summed E-state index contributed by atoms with van der Waals surface area (Å²) in [7, 11) is 4.66. The molecule has 1 fully saturated rings. The lowest BCUT2D eigenvalue weighted by Crippen LogP contribution is -2.45. The minimum absolute atomic E-state index is 0.303. The van der Waals surface area contributed by atoms with Crippen molar-refractivity contribution in [1.29, 1.82) is 0 Å². The van der Waals surface area contributed by atoms with E-state index in [1.807, 2.05) is 24.3 Å². The molecule has 0 spiro atoms. The second-order valence-corrected chi connectivity index (χ2v) is 8.46. The highest BCUT2D eigenvalue weighted by Crippen LogP contribution is 2.31. The van der Waals surface area contributed by atoms with Gasteiger partial charge in [0.1, 0.15) is 28.3 Å². The van der Waals surface area contributed by atoms with Gasteiger partial charge in [-0.2, -0.15) is 0 Å². The van der Waals surface area contributed by atoms with Crippen molar-refractivity contribution in [2.24, 2.45) is 0 Å². The molecule has 3 amide bonds. The highest BCUT2D eigenvalue weighted by atomic mass is 32.1. The molecule has 1 atom stereocenters. The lowest BCUT2D eigenvalue weighted by atomic mass is 10.2. The van der Waals surface area contributed by atoms with Gasteiger partial charge >= 0.3 is 6.03 Å². The molecule has 1 aliphatic rings. The second kappa shape index (κ2) is 10.4. The fourth-order valence-corrected chi connectivity index (χ4v) is 4.45. The summed E-state index contributed by atoms with van der Waals surface area (Å²) >= 11 is 1.26. The number of amides is 3. The first-order chi connectivity index (χ1) is 16.5. The molecule has 10 nitrogen and oxygen atoms in total. The molecule has 1 unspecified atom stereocenters. The number of hydrogen-bond donors (Lipinski definition) is 2. The maximum absolute atomic E-state index is 13.0.